The first kappa shape index (κ1) is 22.9. The molecule has 0 aliphatic carbocycles. The molecule has 7 heteroatoms. The maximum Gasteiger partial charge on any atom is 0.241 e. The molecule has 180 valence electrons. The van der Waals surface area contributed by atoms with Crippen LogP contribution in [-0.4, -0.2) is 55.9 Å². The smallest absolute Gasteiger partial charge is 0.241 e. The van der Waals surface area contributed by atoms with Crippen LogP contribution in [0.4, 0.5) is 11.4 Å². The first-order valence-corrected chi connectivity index (χ1v) is 11.8. The second-order valence-electron chi connectivity index (χ2n) is 8.94. The number of carbonyl (C=O) groups excluding carboxylic acids is 2. The summed E-state index contributed by atoms with van der Waals surface area (Å²) in [5, 5.41) is 5.01. The molecule has 1 aromatic heterocycles. The number of Topliss-reactive ketones (excluding diaryl/α,β-unsaturated/α-hetero) is 1. The highest BCUT2D eigenvalue weighted by molar-refractivity contribution is 6.08. The van der Waals surface area contributed by atoms with Gasteiger partial charge in [0.25, 0.3) is 0 Å². The molecule has 1 aliphatic heterocycles. The zero-order valence-electron chi connectivity index (χ0n) is 20.2. The molecule has 1 aliphatic rings. The molecule has 0 saturated carbocycles. The SMILES string of the molecule is COc1cc2c(cc1NC(=O)[C@@H](C)N1CCN(c3ccc(C(C)=O)cc3)CC1)oc1ccccc12. The topological polar surface area (TPSA) is 75.0 Å². The average Bonchev–Trinajstić information content (AvgIpc) is 3.25. The predicted octanol–water partition coefficient (Wildman–Crippen LogP) is 4.95. The van der Waals surface area contributed by atoms with Crippen molar-refractivity contribution in [2.75, 3.05) is 43.5 Å². The van der Waals surface area contributed by atoms with Crippen LogP contribution in [0.25, 0.3) is 21.9 Å². The maximum absolute atomic E-state index is 13.2. The Morgan fingerprint density at radius 2 is 1.66 bits per heavy atom. The van der Waals surface area contributed by atoms with E-state index in [0.29, 0.717) is 22.6 Å². The minimum absolute atomic E-state index is 0.0670. The number of hydrogen-bond acceptors (Lipinski definition) is 6. The quantitative estimate of drug-likeness (QED) is 0.401. The van der Waals surface area contributed by atoms with Crippen LogP contribution in [0.1, 0.15) is 24.2 Å². The minimum atomic E-state index is -0.298. The third-order valence-corrected chi connectivity index (χ3v) is 6.84. The summed E-state index contributed by atoms with van der Waals surface area (Å²) < 4.78 is 11.6. The number of methoxy groups -OCH3 is 1. The summed E-state index contributed by atoms with van der Waals surface area (Å²) in [6.07, 6.45) is 0. The molecule has 0 spiro atoms. The fourth-order valence-corrected chi connectivity index (χ4v) is 4.70. The number of ether oxygens (including phenoxy) is 1. The molecule has 0 bridgehead atoms. The molecule has 3 aromatic carbocycles. The van der Waals surface area contributed by atoms with Gasteiger partial charge in [-0.05, 0) is 50.2 Å². The number of carbonyl (C=O) groups is 2. The number of hydrogen-bond donors (Lipinski definition) is 1. The number of nitrogens with one attached hydrogen (secondary N) is 1. The van der Waals surface area contributed by atoms with Crippen LogP contribution in [0.15, 0.2) is 65.1 Å². The number of para-hydroxylation sites is 1. The van der Waals surface area contributed by atoms with Gasteiger partial charge in [-0.15, -0.1) is 0 Å². The van der Waals surface area contributed by atoms with E-state index in [1.165, 1.54) is 0 Å². The van der Waals surface area contributed by atoms with Gasteiger partial charge in [0.05, 0.1) is 18.8 Å². The Balaban J connectivity index is 1.26. The molecule has 2 heterocycles. The molecule has 35 heavy (non-hydrogen) atoms. The Labute approximate surface area is 204 Å². The number of benzene rings is 3. The number of ketones is 1. The van der Waals surface area contributed by atoms with E-state index < -0.39 is 0 Å². The van der Waals surface area contributed by atoms with Gasteiger partial charge >= 0.3 is 0 Å². The molecule has 1 atom stereocenters. The molecule has 0 unspecified atom stereocenters. The third-order valence-electron chi connectivity index (χ3n) is 6.84. The summed E-state index contributed by atoms with van der Waals surface area (Å²) in [6, 6.07) is 19.0. The first-order valence-electron chi connectivity index (χ1n) is 11.8. The fraction of sp³-hybridized carbons (Fsp3) is 0.286. The van der Waals surface area contributed by atoms with Gasteiger partial charge in [-0.2, -0.15) is 0 Å². The highest BCUT2D eigenvalue weighted by atomic mass is 16.5. The van der Waals surface area contributed by atoms with E-state index >= 15 is 0 Å². The molecular formula is C28H29N3O4. The summed E-state index contributed by atoms with van der Waals surface area (Å²) in [7, 11) is 1.60. The summed E-state index contributed by atoms with van der Waals surface area (Å²) >= 11 is 0. The highest BCUT2D eigenvalue weighted by Crippen LogP contribution is 2.36. The number of furan rings is 1. The van der Waals surface area contributed by atoms with E-state index in [0.717, 1.165) is 48.2 Å². The zero-order chi connectivity index (χ0) is 24.5. The van der Waals surface area contributed by atoms with Crippen molar-refractivity contribution in [1.82, 2.24) is 4.90 Å². The van der Waals surface area contributed by atoms with Crippen molar-refractivity contribution >= 4 is 45.0 Å². The van der Waals surface area contributed by atoms with Crippen LogP contribution in [0, 0.1) is 0 Å². The van der Waals surface area contributed by atoms with E-state index in [-0.39, 0.29) is 17.7 Å². The summed E-state index contributed by atoms with van der Waals surface area (Å²) in [4.78, 5) is 29.1. The van der Waals surface area contributed by atoms with Crippen LogP contribution in [0.5, 0.6) is 5.75 Å². The lowest BCUT2D eigenvalue weighted by Gasteiger charge is -2.38. The van der Waals surface area contributed by atoms with Crippen LogP contribution < -0.4 is 15.0 Å². The lowest BCUT2D eigenvalue weighted by atomic mass is 10.1. The molecule has 1 saturated heterocycles. The van der Waals surface area contributed by atoms with Crippen LogP contribution >= 0.6 is 0 Å². The van der Waals surface area contributed by atoms with Gasteiger partial charge in [-0.1, -0.05) is 18.2 Å². The molecule has 1 fully saturated rings. The Morgan fingerprint density at radius 1 is 0.943 bits per heavy atom. The Kier molecular flexibility index (Phi) is 6.17. The zero-order valence-corrected chi connectivity index (χ0v) is 20.2. The molecule has 1 N–H and O–H groups in total. The number of nitrogens with zero attached hydrogens (tertiary/aromatic N) is 2. The number of piperazine rings is 1. The molecule has 7 nitrogen and oxygen atoms in total. The Bertz CT molecular complexity index is 1380. The molecular weight excluding hydrogens is 442 g/mol. The third kappa shape index (κ3) is 4.47. The van der Waals surface area contributed by atoms with Crippen LogP contribution in [0.2, 0.25) is 0 Å². The normalized spacial score (nSPS) is 15.3. The van der Waals surface area contributed by atoms with Crippen molar-refractivity contribution < 1.29 is 18.7 Å². The monoisotopic (exact) mass is 471 g/mol. The van der Waals surface area contributed by atoms with Gasteiger partial charge in [-0.25, -0.2) is 0 Å². The summed E-state index contributed by atoms with van der Waals surface area (Å²) in [5.41, 5.74) is 3.92. The second-order valence-corrected chi connectivity index (χ2v) is 8.94. The van der Waals surface area contributed by atoms with Crippen molar-refractivity contribution in [3.05, 3.63) is 66.2 Å². The van der Waals surface area contributed by atoms with E-state index in [1.54, 1.807) is 14.0 Å². The molecule has 0 radical (unpaired) electrons. The van der Waals surface area contributed by atoms with Gasteiger partial charge in [0.1, 0.15) is 16.9 Å². The minimum Gasteiger partial charge on any atom is -0.495 e. The van der Waals surface area contributed by atoms with Crippen molar-refractivity contribution in [2.24, 2.45) is 0 Å². The van der Waals surface area contributed by atoms with Gasteiger partial charge < -0.3 is 19.4 Å². The van der Waals surface area contributed by atoms with E-state index in [2.05, 4.69) is 15.1 Å². The van der Waals surface area contributed by atoms with Crippen LogP contribution in [0.3, 0.4) is 0 Å². The van der Waals surface area contributed by atoms with Crippen molar-refractivity contribution in [3.8, 4) is 5.75 Å². The van der Waals surface area contributed by atoms with Gasteiger partial charge in [0.15, 0.2) is 5.78 Å². The number of fused-ring (bicyclic) bond motifs is 3. The molecule has 5 rings (SSSR count). The molecule has 4 aromatic rings. The van der Waals surface area contributed by atoms with E-state index in [4.69, 9.17) is 9.15 Å². The Morgan fingerprint density at radius 3 is 2.34 bits per heavy atom. The summed E-state index contributed by atoms with van der Waals surface area (Å²) in [5.74, 6) is 0.582. The predicted molar refractivity (Wildman–Crippen MR) is 139 cm³/mol. The average molecular weight is 472 g/mol. The highest BCUT2D eigenvalue weighted by Gasteiger charge is 2.26. The van der Waals surface area contributed by atoms with Gasteiger partial charge in [-0.3, -0.25) is 14.5 Å². The number of rotatable bonds is 6. The van der Waals surface area contributed by atoms with Gasteiger partial charge in [0, 0.05) is 54.3 Å². The van der Waals surface area contributed by atoms with E-state index in [1.807, 2.05) is 67.6 Å². The van der Waals surface area contributed by atoms with E-state index in [9.17, 15) is 9.59 Å². The largest absolute Gasteiger partial charge is 0.495 e. The summed E-state index contributed by atoms with van der Waals surface area (Å²) in [6.45, 7) is 6.66. The van der Waals surface area contributed by atoms with Gasteiger partial charge in [0.2, 0.25) is 5.91 Å². The Hall–Kier alpha value is -3.84. The second kappa shape index (κ2) is 9.43. The fourth-order valence-electron chi connectivity index (χ4n) is 4.70. The lowest BCUT2D eigenvalue weighted by Crippen LogP contribution is -2.52. The van der Waals surface area contributed by atoms with Crippen LogP contribution in [-0.2, 0) is 4.79 Å². The van der Waals surface area contributed by atoms with Crippen molar-refractivity contribution in [3.63, 3.8) is 0 Å². The number of amides is 1. The first-order chi connectivity index (χ1) is 16.9. The van der Waals surface area contributed by atoms with Crippen molar-refractivity contribution in [2.45, 2.75) is 19.9 Å². The maximum atomic E-state index is 13.2. The molecule has 1 amide bonds. The number of anilines is 2. The van der Waals surface area contributed by atoms with Crippen molar-refractivity contribution in [1.29, 1.82) is 0 Å². The standard InChI is InChI=1S/C28H29N3O4/c1-18(30-12-14-31(15-13-30)21-10-8-20(9-11-21)19(2)32)28(33)29-24-17-26-23(16-27(24)34-3)22-6-4-5-7-25(22)35-26/h4-11,16-18H,12-15H2,1-3H3,(H,29,33)/t18-/m1/s1. The lowest BCUT2D eigenvalue weighted by molar-refractivity contribution is -0.120.